The van der Waals surface area contributed by atoms with E-state index in [-0.39, 0.29) is 10.3 Å². The summed E-state index contributed by atoms with van der Waals surface area (Å²) in [5, 5.41) is 0. The molecule has 0 aliphatic carbocycles. The average Bonchev–Trinajstić information content (AvgIpc) is 3.26. The molecule has 5 nitrogen and oxygen atoms in total. The fourth-order valence-corrected chi connectivity index (χ4v) is 6.03. The van der Waals surface area contributed by atoms with Crippen molar-refractivity contribution in [1.29, 1.82) is 0 Å². The van der Waals surface area contributed by atoms with Crippen LogP contribution < -0.4 is 4.90 Å². The van der Waals surface area contributed by atoms with Gasteiger partial charge >= 0.3 is 0 Å². The van der Waals surface area contributed by atoms with Crippen molar-refractivity contribution in [3.05, 3.63) is 46.3 Å². The van der Waals surface area contributed by atoms with Gasteiger partial charge in [0.15, 0.2) is 0 Å². The first-order chi connectivity index (χ1) is 12.4. The second-order valence-corrected chi connectivity index (χ2v) is 10.4. The van der Waals surface area contributed by atoms with Crippen LogP contribution in [0.15, 0.2) is 40.6 Å². The maximum atomic E-state index is 13.1. The van der Waals surface area contributed by atoms with Gasteiger partial charge in [-0.25, -0.2) is 8.42 Å². The lowest BCUT2D eigenvalue weighted by atomic mass is 10.2. The molecule has 0 amide bonds. The summed E-state index contributed by atoms with van der Waals surface area (Å²) in [5.74, 6) is 0. The van der Waals surface area contributed by atoms with Crippen LogP contribution in [0.1, 0.15) is 18.4 Å². The molecule has 26 heavy (non-hydrogen) atoms. The molecule has 0 radical (unpaired) electrons. The highest BCUT2D eigenvalue weighted by atomic mass is 35.5. The molecule has 142 valence electrons. The van der Waals surface area contributed by atoms with Crippen LogP contribution in [0, 0.1) is 0 Å². The molecule has 1 aliphatic rings. The Morgan fingerprint density at radius 3 is 2.46 bits per heavy atom. The number of rotatable bonds is 7. The van der Waals surface area contributed by atoms with E-state index < -0.39 is 10.0 Å². The summed E-state index contributed by atoms with van der Waals surface area (Å²) in [4.78, 5) is 2.01. The highest BCUT2D eigenvalue weighted by Gasteiger charge is 2.30. The minimum atomic E-state index is -3.62. The molecule has 0 spiro atoms. The van der Waals surface area contributed by atoms with Crippen molar-refractivity contribution in [2.45, 2.75) is 29.7 Å². The maximum absolute atomic E-state index is 13.1. The molecule has 1 unspecified atom stereocenters. The molecule has 1 saturated heterocycles. The normalized spacial score (nSPS) is 17.8. The van der Waals surface area contributed by atoms with Gasteiger partial charge in [-0.15, -0.1) is 11.3 Å². The predicted molar refractivity (Wildman–Crippen MR) is 107 cm³/mol. The molecular formula is C18H23ClN2O3S2. The topological polar surface area (TPSA) is 49.9 Å². The molecule has 1 atom stereocenters. The molecule has 8 heteroatoms. The zero-order valence-corrected chi connectivity index (χ0v) is 17.3. The first kappa shape index (κ1) is 19.6. The minimum Gasteiger partial charge on any atom is -0.378 e. The predicted octanol–water partition coefficient (Wildman–Crippen LogP) is 3.84. The lowest BCUT2D eigenvalue weighted by molar-refractivity contribution is 0.0926. The molecule has 1 aliphatic heterocycles. The van der Waals surface area contributed by atoms with Crippen LogP contribution in [0.5, 0.6) is 0 Å². The van der Waals surface area contributed by atoms with Gasteiger partial charge in [0.2, 0.25) is 0 Å². The van der Waals surface area contributed by atoms with Gasteiger partial charge < -0.3 is 9.64 Å². The monoisotopic (exact) mass is 414 g/mol. The van der Waals surface area contributed by atoms with E-state index in [2.05, 4.69) is 0 Å². The molecule has 0 saturated carbocycles. The summed E-state index contributed by atoms with van der Waals surface area (Å²) in [6.07, 6.45) is 1.80. The summed E-state index contributed by atoms with van der Waals surface area (Å²) in [7, 11) is 0.336. The van der Waals surface area contributed by atoms with Crippen LogP contribution >= 0.6 is 22.9 Å². The van der Waals surface area contributed by atoms with Gasteiger partial charge in [-0.05, 0) is 42.7 Å². The number of sulfonamides is 1. The second kappa shape index (κ2) is 8.27. The van der Waals surface area contributed by atoms with Crippen LogP contribution in [0.25, 0.3) is 0 Å². The zero-order valence-electron chi connectivity index (χ0n) is 14.9. The van der Waals surface area contributed by atoms with Gasteiger partial charge in [0.05, 0.1) is 10.4 Å². The lowest BCUT2D eigenvalue weighted by Gasteiger charge is -2.24. The lowest BCUT2D eigenvalue weighted by Crippen LogP contribution is -2.36. The molecule has 0 bridgehead atoms. The van der Waals surface area contributed by atoms with E-state index in [1.54, 1.807) is 12.1 Å². The highest BCUT2D eigenvalue weighted by molar-refractivity contribution is 7.91. The van der Waals surface area contributed by atoms with Gasteiger partial charge in [0.25, 0.3) is 10.0 Å². The third kappa shape index (κ3) is 4.58. The quantitative estimate of drug-likeness (QED) is 0.690. The summed E-state index contributed by atoms with van der Waals surface area (Å²) in [6, 6.07) is 11.1. The van der Waals surface area contributed by atoms with E-state index in [1.807, 2.05) is 43.3 Å². The fourth-order valence-electron chi connectivity index (χ4n) is 2.93. The molecule has 0 N–H and O–H groups in total. The Kier molecular flexibility index (Phi) is 6.25. The van der Waals surface area contributed by atoms with Crippen molar-refractivity contribution in [3.8, 4) is 0 Å². The van der Waals surface area contributed by atoms with E-state index in [1.165, 1.54) is 4.31 Å². The smallest absolute Gasteiger partial charge is 0.252 e. The van der Waals surface area contributed by atoms with Crippen LogP contribution in [0.4, 0.5) is 5.69 Å². The maximum Gasteiger partial charge on any atom is 0.252 e. The molecule has 2 heterocycles. The van der Waals surface area contributed by atoms with Gasteiger partial charge in [-0.3, -0.25) is 0 Å². The largest absolute Gasteiger partial charge is 0.378 e. The Labute approximate surface area is 164 Å². The van der Waals surface area contributed by atoms with Crippen LogP contribution in [-0.2, 0) is 21.3 Å². The number of hydrogen-bond donors (Lipinski definition) is 0. The molecule has 2 aromatic rings. The number of anilines is 1. The first-order valence-corrected chi connectivity index (χ1v) is 11.1. The molecule has 1 aromatic heterocycles. The van der Waals surface area contributed by atoms with E-state index in [9.17, 15) is 8.42 Å². The average molecular weight is 415 g/mol. The van der Waals surface area contributed by atoms with Crippen molar-refractivity contribution < 1.29 is 13.2 Å². The standard InChI is InChI=1S/C18H23ClN2O3S2/c1-20(2)15-7-5-14(6-8-15)12-21(13-16-4-3-11-24-16)26(22,23)18-10-9-17(19)25-18/h5-10,16H,3-4,11-13H2,1-2H3. The van der Waals surface area contributed by atoms with Gasteiger partial charge in [0, 0.05) is 39.5 Å². The Morgan fingerprint density at radius 2 is 1.92 bits per heavy atom. The van der Waals surface area contributed by atoms with E-state index >= 15 is 0 Å². The number of nitrogens with zero attached hydrogens (tertiary/aromatic N) is 2. The number of ether oxygens (including phenoxy) is 1. The van der Waals surface area contributed by atoms with Crippen LogP contribution in [0.2, 0.25) is 4.34 Å². The first-order valence-electron chi connectivity index (χ1n) is 8.49. The van der Waals surface area contributed by atoms with Gasteiger partial charge in [-0.2, -0.15) is 4.31 Å². The van der Waals surface area contributed by atoms with Crippen molar-refractivity contribution in [1.82, 2.24) is 4.31 Å². The minimum absolute atomic E-state index is 0.0544. The zero-order chi connectivity index (χ0) is 18.7. The Morgan fingerprint density at radius 1 is 1.19 bits per heavy atom. The fraction of sp³-hybridized carbons (Fsp3) is 0.444. The van der Waals surface area contributed by atoms with Gasteiger partial charge in [-0.1, -0.05) is 23.7 Å². The highest BCUT2D eigenvalue weighted by Crippen LogP contribution is 2.30. The molecule has 1 fully saturated rings. The van der Waals surface area contributed by atoms with Crippen molar-refractivity contribution in [2.24, 2.45) is 0 Å². The molecule has 3 rings (SSSR count). The van der Waals surface area contributed by atoms with Crippen molar-refractivity contribution >= 4 is 38.6 Å². The Bertz CT molecular complexity index is 828. The van der Waals surface area contributed by atoms with Crippen LogP contribution in [0.3, 0.4) is 0 Å². The molecular weight excluding hydrogens is 392 g/mol. The summed E-state index contributed by atoms with van der Waals surface area (Å²) in [5.41, 5.74) is 2.02. The second-order valence-electron chi connectivity index (χ2n) is 6.55. The third-order valence-electron chi connectivity index (χ3n) is 4.39. The number of halogens is 1. The summed E-state index contributed by atoms with van der Waals surface area (Å²) >= 11 is 7.04. The number of thiophene rings is 1. The van der Waals surface area contributed by atoms with E-state index in [4.69, 9.17) is 16.3 Å². The summed E-state index contributed by atoms with van der Waals surface area (Å²) in [6.45, 7) is 1.36. The third-order valence-corrected chi connectivity index (χ3v) is 7.90. The Balaban J connectivity index is 1.85. The van der Waals surface area contributed by atoms with Gasteiger partial charge in [0.1, 0.15) is 4.21 Å². The molecule has 1 aromatic carbocycles. The van der Waals surface area contributed by atoms with Crippen LogP contribution in [-0.4, -0.2) is 46.1 Å². The van der Waals surface area contributed by atoms with Crippen molar-refractivity contribution in [2.75, 3.05) is 32.1 Å². The Hall–Kier alpha value is -1.12. The SMILES string of the molecule is CN(C)c1ccc(CN(CC2CCCO2)S(=O)(=O)c2ccc(Cl)s2)cc1. The van der Waals surface area contributed by atoms with E-state index in [0.29, 0.717) is 24.0 Å². The summed E-state index contributed by atoms with van der Waals surface area (Å²) < 4.78 is 34.2. The number of benzene rings is 1. The van der Waals surface area contributed by atoms with Crippen molar-refractivity contribution in [3.63, 3.8) is 0 Å². The number of hydrogen-bond acceptors (Lipinski definition) is 5. The van der Waals surface area contributed by atoms with E-state index in [0.717, 1.165) is 35.4 Å².